The summed E-state index contributed by atoms with van der Waals surface area (Å²) in [6.07, 6.45) is 3.80. The molecule has 2 saturated heterocycles. The van der Waals surface area contributed by atoms with Crippen molar-refractivity contribution >= 4 is 11.9 Å². The molecule has 6 nitrogen and oxygen atoms in total. The fraction of sp³-hybridized carbons (Fsp3) is 0.692. The second-order valence-electron chi connectivity index (χ2n) is 5.33. The van der Waals surface area contributed by atoms with Gasteiger partial charge in [-0.05, 0) is 6.42 Å². The van der Waals surface area contributed by atoms with Crippen molar-refractivity contribution in [2.75, 3.05) is 26.8 Å². The number of hydrogen-bond donors (Lipinski definition) is 0. The Kier molecular flexibility index (Phi) is 2.87. The number of fused-ring (bicyclic) bond motifs is 1. The zero-order chi connectivity index (χ0) is 13.6. The number of hydrogen-bond acceptors (Lipinski definition) is 5. The molecule has 2 bridgehead atoms. The van der Waals surface area contributed by atoms with Crippen molar-refractivity contribution in [2.45, 2.75) is 18.1 Å². The minimum absolute atomic E-state index is 0.142. The van der Waals surface area contributed by atoms with Gasteiger partial charge < -0.3 is 24.3 Å². The summed E-state index contributed by atoms with van der Waals surface area (Å²) in [7, 11) is 1.61. The molecule has 0 aromatic carbocycles. The summed E-state index contributed by atoms with van der Waals surface area (Å²) in [6.45, 7) is 1.56. The number of methoxy groups -OCH3 is 1. The standard InChI is InChI=1S/C13H17NO5/c1-18-6-2-5-14-7-13-4-3-8(19-13)9(12(16)17)10(13)11(14)15/h3-4,8-10H,2,5-7H2,1H3,(H,16,17)/p-1/t8-,9-,10-,13+/m0/s1. The van der Waals surface area contributed by atoms with Crippen molar-refractivity contribution in [1.82, 2.24) is 4.90 Å². The van der Waals surface area contributed by atoms with Crippen LogP contribution in [0.25, 0.3) is 0 Å². The number of carbonyl (C=O) groups excluding carboxylic acids is 2. The van der Waals surface area contributed by atoms with E-state index in [1.165, 1.54) is 0 Å². The predicted octanol–water partition coefficient (Wildman–Crippen LogP) is -1.45. The minimum Gasteiger partial charge on any atom is -0.550 e. The lowest BCUT2D eigenvalue weighted by Crippen LogP contribution is -2.45. The highest BCUT2D eigenvalue weighted by atomic mass is 16.5. The summed E-state index contributed by atoms with van der Waals surface area (Å²) in [5, 5.41) is 11.2. The molecule has 0 saturated carbocycles. The summed E-state index contributed by atoms with van der Waals surface area (Å²) < 4.78 is 10.7. The highest BCUT2D eigenvalue weighted by Crippen LogP contribution is 2.51. The average Bonchev–Trinajstić information content (AvgIpc) is 2.99. The molecule has 3 aliphatic rings. The van der Waals surface area contributed by atoms with Gasteiger partial charge in [0.15, 0.2) is 0 Å². The average molecular weight is 266 g/mol. The molecule has 1 amide bonds. The topological polar surface area (TPSA) is 78.9 Å². The molecular formula is C13H16NO5-. The molecule has 0 radical (unpaired) electrons. The molecule has 4 atom stereocenters. The Balaban J connectivity index is 1.79. The van der Waals surface area contributed by atoms with Crippen LogP contribution < -0.4 is 5.11 Å². The summed E-state index contributed by atoms with van der Waals surface area (Å²) in [4.78, 5) is 25.3. The van der Waals surface area contributed by atoms with E-state index in [4.69, 9.17) is 9.47 Å². The first-order valence-corrected chi connectivity index (χ1v) is 6.45. The summed E-state index contributed by atoms with van der Waals surface area (Å²) in [5.74, 6) is -2.83. The van der Waals surface area contributed by atoms with Crippen LogP contribution in [0.4, 0.5) is 0 Å². The number of amides is 1. The molecule has 0 aliphatic carbocycles. The Hall–Kier alpha value is -1.40. The normalized spacial score (nSPS) is 39.1. The van der Waals surface area contributed by atoms with E-state index >= 15 is 0 Å². The van der Waals surface area contributed by atoms with E-state index < -0.39 is 29.5 Å². The molecule has 1 spiro atoms. The van der Waals surface area contributed by atoms with Gasteiger partial charge in [0, 0.05) is 32.1 Å². The van der Waals surface area contributed by atoms with E-state index in [-0.39, 0.29) is 5.91 Å². The third-order valence-electron chi connectivity index (χ3n) is 4.23. The van der Waals surface area contributed by atoms with E-state index in [9.17, 15) is 14.7 Å². The number of nitrogens with zero attached hydrogens (tertiary/aromatic N) is 1. The van der Waals surface area contributed by atoms with E-state index in [2.05, 4.69) is 0 Å². The molecule has 6 heteroatoms. The maximum Gasteiger partial charge on any atom is 0.229 e. The van der Waals surface area contributed by atoms with Crippen molar-refractivity contribution in [3.8, 4) is 0 Å². The van der Waals surface area contributed by atoms with Crippen LogP contribution in [0.15, 0.2) is 12.2 Å². The summed E-state index contributed by atoms with van der Waals surface area (Å²) in [6, 6.07) is 0. The van der Waals surface area contributed by atoms with E-state index in [0.717, 1.165) is 6.42 Å². The van der Waals surface area contributed by atoms with Crippen LogP contribution >= 0.6 is 0 Å². The zero-order valence-corrected chi connectivity index (χ0v) is 10.7. The largest absolute Gasteiger partial charge is 0.550 e. The molecule has 0 aromatic rings. The van der Waals surface area contributed by atoms with Crippen molar-refractivity contribution in [3.63, 3.8) is 0 Å². The Morgan fingerprint density at radius 2 is 2.47 bits per heavy atom. The fourth-order valence-electron chi connectivity index (χ4n) is 3.44. The Labute approximate surface area is 111 Å². The molecule has 3 aliphatic heterocycles. The molecule has 3 rings (SSSR count). The minimum atomic E-state index is -1.20. The van der Waals surface area contributed by atoms with Crippen LogP contribution in [0.1, 0.15) is 6.42 Å². The van der Waals surface area contributed by atoms with Crippen LogP contribution in [-0.2, 0) is 19.1 Å². The molecule has 19 heavy (non-hydrogen) atoms. The van der Waals surface area contributed by atoms with Crippen LogP contribution in [0.3, 0.4) is 0 Å². The van der Waals surface area contributed by atoms with Gasteiger partial charge in [0.2, 0.25) is 5.91 Å². The summed E-state index contributed by atoms with van der Waals surface area (Å²) in [5.41, 5.74) is -0.750. The third kappa shape index (κ3) is 1.70. The quantitative estimate of drug-likeness (QED) is 0.449. The van der Waals surface area contributed by atoms with Crippen LogP contribution in [-0.4, -0.2) is 55.3 Å². The molecule has 0 aromatic heterocycles. The van der Waals surface area contributed by atoms with E-state index in [1.54, 1.807) is 18.1 Å². The van der Waals surface area contributed by atoms with Gasteiger partial charge in [-0.1, -0.05) is 12.2 Å². The van der Waals surface area contributed by atoms with Gasteiger partial charge in [-0.3, -0.25) is 4.79 Å². The fourth-order valence-corrected chi connectivity index (χ4v) is 3.44. The van der Waals surface area contributed by atoms with Gasteiger partial charge >= 0.3 is 0 Å². The molecule has 104 valence electrons. The smallest absolute Gasteiger partial charge is 0.229 e. The molecule has 2 fully saturated rings. The lowest BCUT2D eigenvalue weighted by molar-refractivity contribution is -0.313. The number of carboxylic acid groups (broad SMARTS) is 1. The number of likely N-dealkylation sites (tertiary alicyclic amines) is 1. The number of carbonyl (C=O) groups is 2. The lowest BCUT2D eigenvalue weighted by atomic mass is 9.77. The van der Waals surface area contributed by atoms with Crippen LogP contribution in [0.2, 0.25) is 0 Å². The van der Waals surface area contributed by atoms with E-state index in [0.29, 0.717) is 19.7 Å². The van der Waals surface area contributed by atoms with Crippen molar-refractivity contribution in [3.05, 3.63) is 12.2 Å². The SMILES string of the molecule is COCCCN1C[C@@]23C=C[C@H](O2)[C@H](C(=O)[O-])[C@H]3C1=O. The predicted molar refractivity (Wildman–Crippen MR) is 61.8 cm³/mol. The van der Waals surface area contributed by atoms with Gasteiger partial charge in [-0.2, -0.15) is 0 Å². The molecular weight excluding hydrogens is 250 g/mol. The maximum absolute atomic E-state index is 12.4. The van der Waals surface area contributed by atoms with Gasteiger partial charge in [0.05, 0.1) is 18.6 Å². The molecule has 3 heterocycles. The van der Waals surface area contributed by atoms with Crippen LogP contribution in [0.5, 0.6) is 0 Å². The first-order valence-electron chi connectivity index (χ1n) is 6.45. The van der Waals surface area contributed by atoms with Crippen molar-refractivity contribution < 1.29 is 24.2 Å². The number of carboxylic acids is 1. The lowest BCUT2D eigenvalue weighted by Gasteiger charge is -2.24. The highest BCUT2D eigenvalue weighted by molar-refractivity contribution is 5.90. The second-order valence-corrected chi connectivity index (χ2v) is 5.33. The number of ether oxygens (including phenoxy) is 2. The van der Waals surface area contributed by atoms with Gasteiger partial charge in [0.1, 0.15) is 5.60 Å². The number of rotatable bonds is 5. The summed E-state index contributed by atoms with van der Waals surface area (Å²) >= 11 is 0. The number of aliphatic carboxylic acids is 1. The van der Waals surface area contributed by atoms with Crippen molar-refractivity contribution in [2.24, 2.45) is 11.8 Å². The second kappa shape index (κ2) is 4.31. The monoisotopic (exact) mass is 266 g/mol. The van der Waals surface area contributed by atoms with Gasteiger partial charge in [0.25, 0.3) is 0 Å². The third-order valence-corrected chi connectivity index (χ3v) is 4.23. The molecule has 0 N–H and O–H groups in total. The van der Waals surface area contributed by atoms with Crippen LogP contribution in [0, 0.1) is 11.8 Å². The van der Waals surface area contributed by atoms with Gasteiger partial charge in [-0.15, -0.1) is 0 Å². The highest BCUT2D eigenvalue weighted by Gasteiger charge is 2.65. The van der Waals surface area contributed by atoms with Crippen molar-refractivity contribution in [1.29, 1.82) is 0 Å². The molecule has 0 unspecified atom stereocenters. The first kappa shape index (κ1) is 12.6. The van der Waals surface area contributed by atoms with E-state index in [1.807, 2.05) is 6.08 Å². The Morgan fingerprint density at radius 1 is 1.68 bits per heavy atom. The Bertz CT molecular complexity index is 448. The van der Waals surface area contributed by atoms with Gasteiger partial charge in [-0.25, -0.2) is 0 Å². The first-order chi connectivity index (χ1) is 9.09. The zero-order valence-electron chi connectivity index (χ0n) is 10.7. The Morgan fingerprint density at radius 3 is 3.16 bits per heavy atom. The maximum atomic E-state index is 12.4.